The first-order chi connectivity index (χ1) is 13.0. The van der Waals surface area contributed by atoms with Gasteiger partial charge in [-0.05, 0) is 43.9 Å². The number of nitrogens with zero attached hydrogens (tertiary/aromatic N) is 2. The zero-order chi connectivity index (χ0) is 19.4. The van der Waals surface area contributed by atoms with Crippen molar-refractivity contribution < 1.29 is 13.2 Å². The number of carbonyl (C=O) groups excluding carboxylic acids is 1. The number of likely N-dealkylation sites (tertiary alicyclic amines) is 1. The van der Waals surface area contributed by atoms with E-state index < -0.39 is 16.1 Å². The molecule has 8 heteroatoms. The van der Waals surface area contributed by atoms with Crippen molar-refractivity contribution in [2.24, 2.45) is 16.6 Å². The summed E-state index contributed by atoms with van der Waals surface area (Å²) in [4.78, 5) is 19.7. The third-order valence-electron chi connectivity index (χ3n) is 5.32. The highest BCUT2D eigenvalue weighted by molar-refractivity contribution is 7.90. The van der Waals surface area contributed by atoms with Crippen LogP contribution in [0.5, 0.6) is 0 Å². The molecule has 3 N–H and O–H groups in total. The SMILES string of the molecule is CCCCC(N=C1NS(=O)(=O)c2ccccc21)C(=O)N1CCC(CN)CC1. The standard InChI is InChI=1S/C19H28N4O3S/c1-2-3-7-16(19(24)23-11-9-14(13-20)10-12-23)21-18-15-6-4-5-8-17(15)27(25,26)22-18/h4-6,8,14,16H,2-3,7,9-13,20H2,1H3,(H,21,22). The van der Waals surface area contributed by atoms with E-state index in [1.807, 2.05) is 4.90 Å². The van der Waals surface area contributed by atoms with E-state index in [0.29, 0.717) is 37.5 Å². The summed E-state index contributed by atoms with van der Waals surface area (Å²) in [6.45, 7) is 4.10. The van der Waals surface area contributed by atoms with Gasteiger partial charge in [0.2, 0.25) is 5.91 Å². The first kappa shape index (κ1) is 19.8. The van der Waals surface area contributed by atoms with Crippen LogP contribution in [0.4, 0.5) is 0 Å². The Balaban J connectivity index is 1.84. The Morgan fingerprint density at radius 3 is 2.70 bits per heavy atom. The molecule has 1 aromatic rings. The van der Waals surface area contributed by atoms with Crippen molar-refractivity contribution in [1.29, 1.82) is 0 Å². The summed E-state index contributed by atoms with van der Waals surface area (Å²) in [5, 5.41) is 0. The van der Waals surface area contributed by atoms with Crippen LogP contribution in [-0.4, -0.2) is 50.7 Å². The molecule has 27 heavy (non-hydrogen) atoms. The fourth-order valence-corrected chi connectivity index (χ4v) is 4.87. The maximum atomic E-state index is 13.1. The summed E-state index contributed by atoms with van der Waals surface area (Å²) in [6.07, 6.45) is 4.25. The minimum absolute atomic E-state index is 0.0185. The van der Waals surface area contributed by atoms with Gasteiger partial charge in [-0.1, -0.05) is 31.9 Å². The number of unbranched alkanes of at least 4 members (excludes halogenated alkanes) is 1. The molecule has 3 rings (SSSR count). The van der Waals surface area contributed by atoms with Gasteiger partial charge in [0.1, 0.15) is 11.9 Å². The molecule has 2 aliphatic rings. The molecule has 0 aromatic heterocycles. The van der Waals surface area contributed by atoms with E-state index in [-0.39, 0.29) is 16.6 Å². The molecule has 0 aliphatic carbocycles. The third kappa shape index (κ3) is 4.32. The lowest BCUT2D eigenvalue weighted by atomic mass is 9.96. The molecule has 1 amide bonds. The number of nitrogens with two attached hydrogens (primary N) is 1. The van der Waals surface area contributed by atoms with E-state index >= 15 is 0 Å². The van der Waals surface area contributed by atoms with Crippen molar-refractivity contribution in [1.82, 2.24) is 9.62 Å². The number of sulfonamides is 1. The van der Waals surface area contributed by atoms with Gasteiger partial charge in [0, 0.05) is 18.7 Å². The van der Waals surface area contributed by atoms with Crippen molar-refractivity contribution in [3.63, 3.8) is 0 Å². The van der Waals surface area contributed by atoms with Gasteiger partial charge >= 0.3 is 0 Å². The largest absolute Gasteiger partial charge is 0.341 e. The van der Waals surface area contributed by atoms with Crippen LogP contribution in [0.1, 0.15) is 44.6 Å². The van der Waals surface area contributed by atoms with E-state index in [1.165, 1.54) is 0 Å². The highest BCUT2D eigenvalue weighted by Gasteiger charge is 2.33. The van der Waals surface area contributed by atoms with Gasteiger partial charge in [-0.3, -0.25) is 14.5 Å². The molecule has 0 bridgehead atoms. The predicted molar refractivity (Wildman–Crippen MR) is 105 cm³/mol. The maximum absolute atomic E-state index is 13.1. The maximum Gasteiger partial charge on any atom is 0.263 e. The van der Waals surface area contributed by atoms with Gasteiger partial charge < -0.3 is 10.6 Å². The molecular formula is C19H28N4O3S. The molecule has 2 aliphatic heterocycles. The van der Waals surface area contributed by atoms with Crippen LogP contribution in [0.15, 0.2) is 34.2 Å². The first-order valence-corrected chi connectivity index (χ1v) is 11.1. The van der Waals surface area contributed by atoms with Crippen LogP contribution in [0.25, 0.3) is 0 Å². The number of nitrogens with one attached hydrogen (secondary N) is 1. The molecule has 1 fully saturated rings. The number of hydrogen-bond donors (Lipinski definition) is 2. The number of rotatable bonds is 6. The van der Waals surface area contributed by atoms with Crippen LogP contribution in [0.2, 0.25) is 0 Å². The molecule has 2 heterocycles. The molecule has 1 aromatic carbocycles. The van der Waals surface area contributed by atoms with Crippen molar-refractivity contribution in [2.45, 2.75) is 50.0 Å². The molecule has 1 atom stereocenters. The predicted octanol–water partition coefficient (Wildman–Crippen LogP) is 1.48. The molecule has 1 unspecified atom stereocenters. The summed E-state index contributed by atoms with van der Waals surface area (Å²) in [5.41, 5.74) is 6.28. The third-order valence-corrected chi connectivity index (χ3v) is 6.72. The number of amides is 1. The van der Waals surface area contributed by atoms with Crippen LogP contribution >= 0.6 is 0 Å². The van der Waals surface area contributed by atoms with Gasteiger partial charge in [-0.2, -0.15) is 0 Å². The summed E-state index contributed by atoms with van der Waals surface area (Å²) in [6, 6.07) is 6.17. The van der Waals surface area contributed by atoms with Gasteiger partial charge in [0.05, 0.1) is 4.90 Å². The number of amidine groups is 1. The fourth-order valence-electron chi connectivity index (χ4n) is 3.63. The van der Waals surface area contributed by atoms with Gasteiger partial charge in [-0.25, -0.2) is 8.42 Å². The summed E-state index contributed by atoms with van der Waals surface area (Å²) in [7, 11) is -3.60. The highest BCUT2D eigenvalue weighted by Crippen LogP contribution is 2.24. The van der Waals surface area contributed by atoms with Crippen LogP contribution < -0.4 is 10.5 Å². The van der Waals surface area contributed by atoms with Crippen molar-refractivity contribution >= 4 is 21.8 Å². The Hall–Kier alpha value is -1.93. The molecular weight excluding hydrogens is 364 g/mol. The second kappa shape index (κ2) is 8.39. The van der Waals surface area contributed by atoms with Crippen LogP contribution in [0.3, 0.4) is 0 Å². The smallest absolute Gasteiger partial charge is 0.263 e. The average molecular weight is 393 g/mol. The van der Waals surface area contributed by atoms with E-state index in [9.17, 15) is 13.2 Å². The first-order valence-electron chi connectivity index (χ1n) is 9.65. The summed E-state index contributed by atoms with van der Waals surface area (Å²) < 4.78 is 27.1. The van der Waals surface area contributed by atoms with E-state index in [0.717, 1.165) is 25.7 Å². The normalized spacial score (nSPS) is 21.7. The van der Waals surface area contributed by atoms with Crippen LogP contribution in [0, 0.1) is 5.92 Å². The number of aliphatic imine (C=N–C) groups is 1. The molecule has 0 radical (unpaired) electrons. The zero-order valence-electron chi connectivity index (χ0n) is 15.7. The molecule has 1 saturated heterocycles. The van der Waals surface area contributed by atoms with Gasteiger partial charge in [0.25, 0.3) is 10.0 Å². The Kier molecular flexibility index (Phi) is 6.16. The lowest BCUT2D eigenvalue weighted by Gasteiger charge is -2.33. The lowest BCUT2D eigenvalue weighted by molar-refractivity contribution is -0.134. The van der Waals surface area contributed by atoms with Crippen molar-refractivity contribution in [3.8, 4) is 0 Å². The molecule has 0 spiro atoms. The number of fused-ring (bicyclic) bond motifs is 1. The average Bonchev–Trinajstić information content (AvgIpc) is 2.95. The molecule has 0 saturated carbocycles. The summed E-state index contributed by atoms with van der Waals surface area (Å²) >= 11 is 0. The number of carbonyl (C=O) groups is 1. The van der Waals surface area contributed by atoms with E-state index in [4.69, 9.17) is 5.73 Å². The Bertz CT molecular complexity index is 814. The topological polar surface area (TPSA) is 105 Å². The number of benzene rings is 1. The highest BCUT2D eigenvalue weighted by atomic mass is 32.2. The lowest BCUT2D eigenvalue weighted by Crippen LogP contribution is -2.45. The Labute approximate surface area is 161 Å². The molecule has 7 nitrogen and oxygen atoms in total. The fraction of sp³-hybridized carbons (Fsp3) is 0.579. The second-order valence-electron chi connectivity index (χ2n) is 7.24. The van der Waals surface area contributed by atoms with Gasteiger partial charge in [0.15, 0.2) is 0 Å². The monoisotopic (exact) mass is 392 g/mol. The van der Waals surface area contributed by atoms with Crippen molar-refractivity contribution in [2.75, 3.05) is 19.6 Å². The Morgan fingerprint density at radius 1 is 1.33 bits per heavy atom. The van der Waals surface area contributed by atoms with Crippen LogP contribution in [-0.2, 0) is 14.8 Å². The Morgan fingerprint density at radius 2 is 2.04 bits per heavy atom. The minimum Gasteiger partial charge on any atom is -0.341 e. The van der Waals surface area contributed by atoms with Crippen molar-refractivity contribution in [3.05, 3.63) is 29.8 Å². The van der Waals surface area contributed by atoms with E-state index in [2.05, 4.69) is 16.6 Å². The summed E-state index contributed by atoms with van der Waals surface area (Å²) in [5.74, 6) is 0.731. The number of hydrogen-bond acceptors (Lipinski definition) is 5. The second-order valence-corrected chi connectivity index (χ2v) is 8.89. The zero-order valence-corrected chi connectivity index (χ0v) is 16.5. The minimum atomic E-state index is -3.60. The number of piperidine rings is 1. The van der Waals surface area contributed by atoms with Gasteiger partial charge in [-0.15, -0.1) is 0 Å². The molecule has 148 valence electrons. The quantitative estimate of drug-likeness (QED) is 0.765. The van der Waals surface area contributed by atoms with E-state index in [1.54, 1.807) is 24.3 Å².